The number of esters is 1. The predicted molar refractivity (Wildman–Crippen MR) is 75.7 cm³/mol. The highest BCUT2D eigenvalue weighted by molar-refractivity contribution is 6.20. The van der Waals surface area contributed by atoms with E-state index in [4.69, 9.17) is 0 Å². The molecule has 1 unspecified atom stereocenters. The second kappa shape index (κ2) is 5.52. The van der Waals surface area contributed by atoms with Crippen LogP contribution in [0.4, 0.5) is 0 Å². The number of aryl methyl sites for hydroxylation is 1. The van der Waals surface area contributed by atoms with Gasteiger partial charge >= 0.3 is 5.97 Å². The Kier molecular flexibility index (Phi) is 3.56. The number of ether oxygens (including phenoxy) is 1. The zero-order valence-corrected chi connectivity index (χ0v) is 11.4. The number of H-pyrrole nitrogens is 1. The van der Waals surface area contributed by atoms with Gasteiger partial charge in [0.1, 0.15) is 0 Å². The number of benzene rings is 1. The molecule has 5 heteroatoms. The van der Waals surface area contributed by atoms with E-state index in [1.54, 1.807) is 0 Å². The first kappa shape index (κ1) is 13.5. The van der Waals surface area contributed by atoms with E-state index >= 15 is 0 Å². The summed E-state index contributed by atoms with van der Waals surface area (Å²) >= 11 is 0. The summed E-state index contributed by atoms with van der Waals surface area (Å²) in [7, 11) is 0. The second-order valence-electron chi connectivity index (χ2n) is 5.19. The zero-order chi connectivity index (χ0) is 14.8. The predicted octanol–water partition coefficient (Wildman–Crippen LogP) is 1.80. The number of rotatable bonds is 5. The van der Waals surface area contributed by atoms with Crippen molar-refractivity contribution in [1.82, 2.24) is 4.98 Å². The highest BCUT2D eigenvalue weighted by Crippen LogP contribution is 2.21. The average molecular weight is 285 g/mol. The number of hydrogen-bond donors (Lipinski definition) is 1. The van der Waals surface area contributed by atoms with Crippen molar-refractivity contribution in [1.29, 1.82) is 0 Å². The molecule has 0 saturated carbocycles. The first-order chi connectivity index (χ1) is 10.2. The summed E-state index contributed by atoms with van der Waals surface area (Å²) in [6.07, 6.45) is 3.48. The number of aromatic amines is 1. The number of aromatic nitrogens is 1. The van der Waals surface area contributed by atoms with Crippen molar-refractivity contribution in [3.05, 3.63) is 36.0 Å². The van der Waals surface area contributed by atoms with E-state index < -0.39 is 17.7 Å². The highest BCUT2D eigenvalue weighted by Gasteiger charge is 2.40. The van der Waals surface area contributed by atoms with E-state index in [-0.39, 0.29) is 18.8 Å². The zero-order valence-electron chi connectivity index (χ0n) is 11.4. The van der Waals surface area contributed by atoms with E-state index in [0.717, 1.165) is 22.9 Å². The lowest BCUT2D eigenvalue weighted by atomic mass is 9.96. The van der Waals surface area contributed by atoms with Crippen molar-refractivity contribution >= 4 is 28.4 Å². The van der Waals surface area contributed by atoms with Crippen LogP contribution in [0.5, 0.6) is 0 Å². The molecule has 1 N–H and O–H groups in total. The van der Waals surface area contributed by atoms with Crippen LogP contribution >= 0.6 is 0 Å². The summed E-state index contributed by atoms with van der Waals surface area (Å²) in [6.45, 7) is -0.266. The molecule has 5 nitrogen and oxygen atoms in total. The summed E-state index contributed by atoms with van der Waals surface area (Å²) in [6, 6.07) is 7.96. The first-order valence-corrected chi connectivity index (χ1v) is 6.94. The number of carbonyl (C=O) groups is 3. The van der Waals surface area contributed by atoms with Gasteiger partial charge in [-0.15, -0.1) is 0 Å². The standard InChI is InChI=1S/C16H15NO4/c18-13(15-14(19)9-21-16(15)20)7-3-4-10-8-17-12-6-2-1-5-11(10)12/h1-2,5-6,8,15,17H,3-4,7,9H2. The Balaban J connectivity index is 1.60. The fourth-order valence-electron chi connectivity index (χ4n) is 2.69. The molecule has 0 radical (unpaired) electrons. The Morgan fingerprint density at radius 3 is 2.86 bits per heavy atom. The van der Waals surface area contributed by atoms with Crippen LogP contribution in [0.3, 0.4) is 0 Å². The van der Waals surface area contributed by atoms with E-state index in [1.165, 1.54) is 0 Å². The van der Waals surface area contributed by atoms with Crippen molar-refractivity contribution in [2.24, 2.45) is 5.92 Å². The SMILES string of the molecule is O=C(CCCc1c[nH]c2ccccc12)C1C(=O)COC1=O. The number of Topliss-reactive ketones (excluding diaryl/α,β-unsaturated/α-hetero) is 2. The van der Waals surface area contributed by atoms with Crippen LogP contribution in [0.1, 0.15) is 18.4 Å². The number of ketones is 2. The van der Waals surface area contributed by atoms with Gasteiger partial charge in [-0.2, -0.15) is 0 Å². The third kappa shape index (κ3) is 2.59. The van der Waals surface area contributed by atoms with Crippen LogP contribution in [0, 0.1) is 5.92 Å². The van der Waals surface area contributed by atoms with Crippen molar-refractivity contribution in [2.45, 2.75) is 19.3 Å². The van der Waals surface area contributed by atoms with Crippen LogP contribution in [-0.2, 0) is 25.5 Å². The van der Waals surface area contributed by atoms with E-state index in [2.05, 4.69) is 9.72 Å². The van der Waals surface area contributed by atoms with Gasteiger partial charge in [0.15, 0.2) is 24.1 Å². The molecule has 0 bridgehead atoms. The molecular formula is C16H15NO4. The molecule has 0 amide bonds. The lowest BCUT2D eigenvalue weighted by Crippen LogP contribution is -2.25. The molecule has 0 aliphatic carbocycles. The van der Waals surface area contributed by atoms with Crippen molar-refractivity contribution in [3.63, 3.8) is 0 Å². The normalized spacial score (nSPS) is 18.2. The molecule has 1 aromatic heterocycles. The third-order valence-electron chi connectivity index (χ3n) is 3.78. The molecule has 1 aliphatic rings. The van der Waals surface area contributed by atoms with E-state index in [9.17, 15) is 14.4 Å². The molecule has 21 heavy (non-hydrogen) atoms. The quantitative estimate of drug-likeness (QED) is 0.671. The van der Waals surface area contributed by atoms with Gasteiger partial charge in [0, 0.05) is 23.5 Å². The summed E-state index contributed by atoms with van der Waals surface area (Å²) in [5.41, 5.74) is 2.20. The van der Waals surface area contributed by atoms with Gasteiger partial charge in [0.2, 0.25) is 0 Å². The molecule has 1 saturated heterocycles. The van der Waals surface area contributed by atoms with Crippen LogP contribution in [0.15, 0.2) is 30.5 Å². The maximum absolute atomic E-state index is 11.9. The van der Waals surface area contributed by atoms with Gasteiger partial charge in [-0.3, -0.25) is 14.4 Å². The molecule has 108 valence electrons. The molecule has 0 spiro atoms. The van der Waals surface area contributed by atoms with Crippen LogP contribution in [0.2, 0.25) is 0 Å². The molecular weight excluding hydrogens is 270 g/mol. The van der Waals surface area contributed by atoms with Gasteiger partial charge in [0.05, 0.1) is 0 Å². The Morgan fingerprint density at radius 1 is 1.29 bits per heavy atom. The Morgan fingerprint density at radius 2 is 2.10 bits per heavy atom. The second-order valence-corrected chi connectivity index (χ2v) is 5.19. The molecule has 3 rings (SSSR count). The van der Waals surface area contributed by atoms with Crippen LogP contribution in [-0.4, -0.2) is 29.1 Å². The molecule has 1 aromatic carbocycles. The van der Waals surface area contributed by atoms with Gasteiger partial charge in [-0.05, 0) is 24.5 Å². The molecule has 1 fully saturated rings. The van der Waals surface area contributed by atoms with E-state index in [0.29, 0.717) is 6.42 Å². The summed E-state index contributed by atoms with van der Waals surface area (Å²) in [4.78, 5) is 37.9. The van der Waals surface area contributed by atoms with Crippen molar-refractivity contribution < 1.29 is 19.1 Å². The molecule has 1 aliphatic heterocycles. The van der Waals surface area contributed by atoms with Gasteiger partial charge < -0.3 is 9.72 Å². The topological polar surface area (TPSA) is 76.2 Å². The fourth-order valence-corrected chi connectivity index (χ4v) is 2.69. The number of hydrogen-bond acceptors (Lipinski definition) is 4. The molecule has 1 atom stereocenters. The summed E-state index contributed by atoms with van der Waals surface area (Å²) < 4.78 is 4.59. The first-order valence-electron chi connectivity index (χ1n) is 6.94. The lowest BCUT2D eigenvalue weighted by Gasteiger charge is -2.03. The number of para-hydroxylation sites is 1. The number of fused-ring (bicyclic) bond motifs is 1. The van der Waals surface area contributed by atoms with Crippen LogP contribution in [0.25, 0.3) is 10.9 Å². The molecule has 2 aromatic rings. The van der Waals surface area contributed by atoms with Crippen molar-refractivity contribution in [2.75, 3.05) is 6.61 Å². The minimum atomic E-state index is -1.19. The van der Waals surface area contributed by atoms with Crippen LogP contribution < -0.4 is 0 Å². The van der Waals surface area contributed by atoms with Crippen molar-refractivity contribution in [3.8, 4) is 0 Å². The number of nitrogens with one attached hydrogen (secondary N) is 1. The fraction of sp³-hybridized carbons (Fsp3) is 0.312. The Labute approximate surface area is 121 Å². The Hall–Kier alpha value is -2.43. The summed E-state index contributed by atoms with van der Waals surface area (Å²) in [5.74, 6) is -2.63. The lowest BCUT2D eigenvalue weighted by molar-refractivity contribution is -0.144. The summed E-state index contributed by atoms with van der Waals surface area (Å²) in [5, 5.41) is 1.14. The van der Waals surface area contributed by atoms with Gasteiger partial charge in [-0.1, -0.05) is 18.2 Å². The molecule has 2 heterocycles. The van der Waals surface area contributed by atoms with Gasteiger partial charge in [0.25, 0.3) is 0 Å². The minimum absolute atomic E-state index is 0.213. The maximum atomic E-state index is 11.9. The van der Waals surface area contributed by atoms with Gasteiger partial charge in [-0.25, -0.2) is 0 Å². The third-order valence-corrected chi connectivity index (χ3v) is 3.78. The Bertz CT molecular complexity index is 700. The monoisotopic (exact) mass is 285 g/mol. The highest BCUT2D eigenvalue weighted by atomic mass is 16.5. The number of cyclic esters (lactones) is 1. The minimum Gasteiger partial charge on any atom is -0.457 e. The largest absolute Gasteiger partial charge is 0.457 e. The van der Waals surface area contributed by atoms with E-state index in [1.807, 2.05) is 30.5 Å². The maximum Gasteiger partial charge on any atom is 0.324 e. The number of carbonyl (C=O) groups excluding carboxylic acids is 3. The average Bonchev–Trinajstić information content (AvgIpc) is 3.03. The smallest absolute Gasteiger partial charge is 0.324 e.